The molecule has 3 nitrogen and oxygen atoms in total. The third-order valence-corrected chi connectivity index (χ3v) is 3.95. The van der Waals surface area contributed by atoms with Gasteiger partial charge in [0.2, 0.25) is 0 Å². The van der Waals surface area contributed by atoms with Crippen molar-refractivity contribution in [3.8, 4) is 0 Å². The van der Waals surface area contributed by atoms with Gasteiger partial charge in [-0.3, -0.25) is 0 Å². The summed E-state index contributed by atoms with van der Waals surface area (Å²) in [6, 6.07) is 10.1. The van der Waals surface area contributed by atoms with E-state index in [-0.39, 0.29) is 0 Å². The van der Waals surface area contributed by atoms with Crippen molar-refractivity contribution in [1.29, 1.82) is 0 Å². The zero-order valence-corrected chi connectivity index (χ0v) is 11.8. The lowest BCUT2D eigenvalue weighted by Gasteiger charge is -2.09. The van der Waals surface area contributed by atoms with Gasteiger partial charge in [-0.25, -0.2) is 4.79 Å². The minimum absolute atomic E-state index is 0.409. The molecule has 2 rings (SSSR count). The van der Waals surface area contributed by atoms with Gasteiger partial charge in [0.15, 0.2) is 0 Å². The Labute approximate surface area is 116 Å². The van der Waals surface area contributed by atoms with E-state index in [9.17, 15) is 4.79 Å². The van der Waals surface area contributed by atoms with Crippen LogP contribution in [0.25, 0.3) is 0 Å². The topological polar surface area (TPSA) is 49.3 Å². The average molecular weight is 275 g/mol. The first-order valence-corrected chi connectivity index (χ1v) is 7.09. The van der Waals surface area contributed by atoms with Crippen molar-refractivity contribution in [2.45, 2.75) is 26.3 Å². The largest absolute Gasteiger partial charge is 0.477 e. The maximum atomic E-state index is 11.0. The average Bonchev–Trinajstić information content (AvgIpc) is 2.85. The van der Waals surface area contributed by atoms with Gasteiger partial charge < -0.3 is 10.4 Å². The number of hydrogen-bond donors (Lipinski definition) is 2. The number of nitrogens with one attached hydrogen (secondary N) is 1. The zero-order valence-electron chi connectivity index (χ0n) is 11.0. The van der Waals surface area contributed by atoms with Crippen LogP contribution in [0.15, 0.2) is 35.7 Å². The lowest BCUT2D eigenvalue weighted by atomic mass is 10.0. The van der Waals surface area contributed by atoms with E-state index in [2.05, 4.69) is 31.3 Å². The molecule has 4 heteroatoms. The molecule has 0 aliphatic carbocycles. The highest BCUT2D eigenvalue weighted by molar-refractivity contribution is 7.12. The van der Waals surface area contributed by atoms with Crippen molar-refractivity contribution in [3.63, 3.8) is 0 Å². The predicted molar refractivity (Wildman–Crippen MR) is 79.1 cm³/mol. The Morgan fingerprint density at radius 2 is 1.95 bits per heavy atom. The molecule has 1 heterocycles. The Morgan fingerprint density at radius 3 is 2.53 bits per heavy atom. The first kappa shape index (κ1) is 13.6. The van der Waals surface area contributed by atoms with Crippen molar-refractivity contribution >= 4 is 23.0 Å². The highest BCUT2D eigenvalue weighted by Gasteiger charge is 2.10. The van der Waals surface area contributed by atoms with Crippen LogP contribution < -0.4 is 5.32 Å². The summed E-state index contributed by atoms with van der Waals surface area (Å²) in [4.78, 5) is 11.4. The molecule has 0 amide bonds. The second-order valence-electron chi connectivity index (χ2n) is 4.71. The first-order chi connectivity index (χ1) is 9.08. The first-order valence-electron chi connectivity index (χ1n) is 6.21. The monoisotopic (exact) mass is 275 g/mol. The minimum atomic E-state index is -0.859. The molecule has 0 atom stereocenters. The molecule has 19 heavy (non-hydrogen) atoms. The van der Waals surface area contributed by atoms with E-state index in [0.717, 1.165) is 11.3 Å². The number of rotatable bonds is 5. The Balaban J connectivity index is 2.02. The number of aromatic carboxylic acids is 1. The molecule has 0 bridgehead atoms. The molecule has 1 aromatic carbocycles. The van der Waals surface area contributed by atoms with Crippen molar-refractivity contribution < 1.29 is 9.90 Å². The normalized spacial score (nSPS) is 10.7. The summed E-state index contributed by atoms with van der Waals surface area (Å²) in [7, 11) is 0. The van der Waals surface area contributed by atoms with Crippen molar-refractivity contribution in [3.05, 3.63) is 51.7 Å². The molecule has 2 aromatic rings. The van der Waals surface area contributed by atoms with Crippen LogP contribution in [0.5, 0.6) is 0 Å². The van der Waals surface area contributed by atoms with Gasteiger partial charge in [0, 0.05) is 12.2 Å². The Hall–Kier alpha value is -1.81. The minimum Gasteiger partial charge on any atom is -0.477 e. The lowest BCUT2D eigenvalue weighted by molar-refractivity contribution is 0.0701. The Kier molecular flexibility index (Phi) is 4.22. The molecular weight excluding hydrogens is 258 g/mol. The molecule has 0 spiro atoms. The van der Waals surface area contributed by atoms with Crippen molar-refractivity contribution in [1.82, 2.24) is 0 Å². The van der Waals surface area contributed by atoms with Crippen LogP contribution in [-0.2, 0) is 6.54 Å². The summed E-state index contributed by atoms with van der Waals surface area (Å²) in [5.41, 5.74) is 3.13. The second kappa shape index (κ2) is 5.89. The van der Waals surface area contributed by atoms with Gasteiger partial charge in [-0.1, -0.05) is 26.0 Å². The van der Waals surface area contributed by atoms with E-state index in [1.54, 1.807) is 0 Å². The summed E-state index contributed by atoms with van der Waals surface area (Å²) in [6.07, 6.45) is 0. The van der Waals surface area contributed by atoms with Gasteiger partial charge in [-0.15, -0.1) is 11.3 Å². The quantitative estimate of drug-likeness (QED) is 0.860. The van der Waals surface area contributed by atoms with E-state index in [1.807, 2.05) is 23.6 Å². The highest BCUT2D eigenvalue weighted by Crippen LogP contribution is 2.20. The maximum Gasteiger partial charge on any atom is 0.346 e. The molecule has 0 unspecified atom stereocenters. The third-order valence-electron chi connectivity index (χ3n) is 3.00. The van der Waals surface area contributed by atoms with Crippen LogP contribution in [0.1, 0.15) is 40.6 Å². The molecule has 0 saturated heterocycles. The second-order valence-corrected chi connectivity index (χ2v) is 5.63. The molecule has 0 aliphatic rings. The van der Waals surface area contributed by atoms with E-state index >= 15 is 0 Å². The fraction of sp³-hybridized carbons (Fsp3) is 0.267. The molecule has 0 radical (unpaired) electrons. The standard InChI is InChI=1S/C15H17NO2S/c1-10(2)11-3-5-13(6-4-11)16-9-12-7-8-19-14(12)15(17)18/h3-8,10,16H,9H2,1-2H3,(H,17,18). The number of carbonyl (C=O) groups is 1. The maximum absolute atomic E-state index is 11.0. The van der Waals surface area contributed by atoms with Crippen LogP contribution >= 0.6 is 11.3 Å². The van der Waals surface area contributed by atoms with Crippen LogP contribution in [0.3, 0.4) is 0 Å². The van der Waals surface area contributed by atoms with Crippen LogP contribution in [0.4, 0.5) is 5.69 Å². The summed E-state index contributed by atoms with van der Waals surface area (Å²) >= 11 is 1.26. The summed E-state index contributed by atoms with van der Waals surface area (Å²) < 4.78 is 0. The highest BCUT2D eigenvalue weighted by atomic mass is 32.1. The Bertz CT molecular complexity index is 558. The molecule has 2 N–H and O–H groups in total. The lowest BCUT2D eigenvalue weighted by Crippen LogP contribution is -2.04. The molecule has 0 fully saturated rings. The summed E-state index contributed by atoms with van der Waals surface area (Å²) in [6.45, 7) is 4.85. The predicted octanol–water partition coefficient (Wildman–Crippen LogP) is 4.18. The van der Waals surface area contributed by atoms with Gasteiger partial charge in [-0.05, 0) is 40.6 Å². The number of anilines is 1. The summed E-state index contributed by atoms with van der Waals surface area (Å²) in [5, 5.41) is 14.1. The number of carboxylic acids is 1. The van der Waals surface area contributed by atoms with Crippen molar-refractivity contribution in [2.24, 2.45) is 0 Å². The van der Waals surface area contributed by atoms with Crippen LogP contribution in [0.2, 0.25) is 0 Å². The fourth-order valence-electron chi connectivity index (χ4n) is 1.85. The molecule has 0 saturated carbocycles. The van der Waals surface area contributed by atoms with Gasteiger partial charge >= 0.3 is 5.97 Å². The third kappa shape index (κ3) is 3.35. The van der Waals surface area contributed by atoms with Gasteiger partial charge in [0.05, 0.1) is 0 Å². The van der Waals surface area contributed by atoms with Gasteiger partial charge in [-0.2, -0.15) is 0 Å². The van der Waals surface area contributed by atoms with Crippen molar-refractivity contribution in [2.75, 3.05) is 5.32 Å². The van der Waals surface area contributed by atoms with Gasteiger partial charge in [0.1, 0.15) is 4.88 Å². The number of carboxylic acid groups (broad SMARTS) is 1. The van der Waals surface area contributed by atoms with Gasteiger partial charge in [0.25, 0.3) is 0 Å². The number of benzene rings is 1. The SMILES string of the molecule is CC(C)c1ccc(NCc2ccsc2C(=O)O)cc1. The van der Waals surface area contributed by atoms with E-state index in [0.29, 0.717) is 17.3 Å². The molecule has 100 valence electrons. The fourth-order valence-corrected chi connectivity index (χ4v) is 2.61. The van der Waals surface area contributed by atoms with E-state index in [4.69, 9.17) is 5.11 Å². The smallest absolute Gasteiger partial charge is 0.346 e. The number of hydrogen-bond acceptors (Lipinski definition) is 3. The van der Waals surface area contributed by atoms with Crippen LogP contribution in [0, 0.1) is 0 Å². The van der Waals surface area contributed by atoms with Crippen LogP contribution in [-0.4, -0.2) is 11.1 Å². The Morgan fingerprint density at radius 1 is 1.26 bits per heavy atom. The zero-order chi connectivity index (χ0) is 13.8. The molecular formula is C15H17NO2S. The van der Waals surface area contributed by atoms with E-state index < -0.39 is 5.97 Å². The number of thiophene rings is 1. The van der Waals surface area contributed by atoms with E-state index in [1.165, 1.54) is 16.9 Å². The summed E-state index contributed by atoms with van der Waals surface area (Å²) in [5.74, 6) is -0.341. The molecule has 0 aliphatic heterocycles. The molecule has 1 aromatic heterocycles.